The number of rotatable bonds is 7. The highest BCUT2D eigenvalue weighted by Crippen LogP contribution is 2.29. The van der Waals surface area contributed by atoms with Crippen LogP contribution in [0, 0.1) is 11.8 Å². The highest BCUT2D eigenvalue weighted by Gasteiger charge is 2.29. The summed E-state index contributed by atoms with van der Waals surface area (Å²) in [6.45, 7) is 3.12. The lowest BCUT2D eigenvalue weighted by atomic mass is 10.0. The van der Waals surface area contributed by atoms with Crippen molar-refractivity contribution in [3.63, 3.8) is 0 Å². The van der Waals surface area contributed by atoms with E-state index in [9.17, 15) is 13.2 Å². The van der Waals surface area contributed by atoms with E-state index in [1.54, 1.807) is 12.1 Å². The lowest BCUT2D eigenvalue weighted by Crippen LogP contribution is -2.33. The molecule has 0 atom stereocenters. The van der Waals surface area contributed by atoms with Gasteiger partial charge in [0.2, 0.25) is 0 Å². The predicted molar refractivity (Wildman–Crippen MR) is 99.4 cm³/mol. The third-order valence-corrected chi connectivity index (χ3v) is 4.79. The number of ether oxygens (including phenoxy) is 5. The molecule has 2 saturated heterocycles. The second-order valence-electron chi connectivity index (χ2n) is 7.30. The van der Waals surface area contributed by atoms with Gasteiger partial charge in [-0.15, -0.1) is 0 Å². The summed E-state index contributed by atoms with van der Waals surface area (Å²) in [4.78, 5) is 0. The lowest BCUT2D eigenvalue weighted by Gasteiger charge is -2.32. The molecule has 2 aliphatic rings. The Hall–Kier alpha value is -1.61. The fraction of sp³-hybridized carbons (Fsp3) is 0.619. The molecule has 0 radical (unpaired) electrons. The molecule has 0 spiro atoms. The number of alkyl halides is 3. The molecule has 0 bridgehead atoms. The van der Waals surface area contributed by atoms with Crippen molar-refractivity contribution < 1.29 is 36.9 Å². The first-order chi connectivity index (χ1) is 13.9. The number of allylic oxidation sites excluding steroid dienone is 1. The monoisotopic (exact) mass is 416 g/mol. The van der Waals surface area contributed by atoms with Crippen molar-refractivity contribution in [2.75, 3.05) is 33.0 Å². The maximum Gasteiger partial charge on any atom is 0.422 e. The molecule has 0 aliphatic carbocycles. The van der Waals surface area contributed by atoms with E-state index in [2.05, 4.69) is 6.08 Å². The van der Waals surface area contributed by atoms with E-state index >= 15 is 0 Å². The number of halogens is 3. The van der Waals surface area contributed by atoms with E-state index < -0.39 is 19.1 Å². The van der Waals surface area contributed by atoms with Crippen molar-refractivity contribution >= 4 is 0 Å². The average Bonchev–Trinajstić information content (AvgIpc) is 2.72. The Morgan fingerprint density at radius 3 is 2.21 bits per heavy atom. The van der Waals surface area contributed by atoms with Gasteiger partial charge in [-0.1, -0.05) is 24.3 Å². The van der Waals surface area contributed by atoms with E-state index in [0.717, 1.165) is 18.4 Å². The molecule has 0 amide bonds. The van der Waals surface area contributed by atoms with Crippen molar-refractivity contribution in [1.82, 2.24) is 0 Å². The van der Waals surface area contributed by atoms with Crippen LogP contribution in [0.2, 0.25) is 0 Å². The largest absolute Gasteiger partial charge is 0.484 e. The number of benzene rings is 1. The zero-order chi connectivity index (χ0) is 20.7. The molecule has 3 rings (SSSR count). The normalized spacial score (nSPS) is 28.6. The molecule has 0 N–H and O–H groups in total. The van der Waals surface area contributed by atoms with Crippen LogP contribution in [-0.2, 0) is 18.9 Å². The third kappa shape index (κ3) is 7.29. The summed E-state index contributed by atoms with van der Waals surface area (Å²) < 4.78 is 64.3. The summed E-state index contributed by atoms with van der Waals surface area (Å²) in [7, 11) is 0. The van der Waals surface area contributed by atoms with Gasteiger partial charge in [0.1, 0.15) is 5.75 Å². The summed E-state index contributed by atoms with van der Waals surface area (Å²) >= 11 is 0. The second-order valence-corrected chi connectivity index (χ2v) is 7.30. The van der Waals surface area contributed by atoms with Gasteiger partial charge in [-0.3, -0.25) is 0 Å². The van der Waals surface area contributed by atoms with Crippen molar-refractivity contribution in [3.8, 4) is 5.75 Å². The van der Waals surface area contributed by atoms with Crippen LogP contribution in [0.1, 0.15) is 31.6 Å². The molecular weight excluding hydrogens is 389 g/mol. The van der Waals surface area contributed by atoms with Crippen LogP contribution in [0.5, 0.6) is 5.75 Å². The van der Waals surface area contributed by atoms with Gasteiger partial charge in [-0.2, -0.15) is 13.2 Å². The molecule has 2 fully saturated rings. The zero-order valence-electron chi connectivity index (χ0n) is 16.4. The Kier molecular flexibility index (Phi) is 7.94. The summed E-state index contributed by atoms with van der Waals surface area (Å²) in [6.07, 6.45) is 0.698. The van der Waals surface area contributed by atoms with Crippen molar-refractivity contribution in [3.05, 3.63) is 42.0 Å². The highest BCUT2D eigenvalue weighted by molar-refractivity contribution is 5.28. The van der Waals surface area contributed by atoms with Crippen molar-refractivity contribution in [2.45, 2.75) is 38.5 Å². The van der Waals surface area contributed by atoms with Gasteiger partial charge in [0.05, 0.1) is 26.4 Å². The van der Waals surface area contributed by atoms with Crippen LogP contribution in [0.15, 0.2) is 36.4 Å². The van der Waals surface area contributed by atoms with Crippen LogP contribution >= 0.6 is 0 Å². The molecule has 162 valence electrons. The standard InChI is InChI=1S/C21H27F3O5/c1-2-3-15-10-25-19(26-11-15)9-4-16-12-27-20(28-13-16)17-5-7-18(8-6-17)29-14-21(22,23)24/h2-3,5-8,15-16,19-20H,4,9-14H2,1H3/b3-2+/t15-,16-,19-,20-. The van der Waals surface area contributed by atoms with Crippen LogP contribution in [0.3, 0.4) is 0 Å². The maximum absolute atomic E-state index is 12.2. The van der Waals surface area contributed by atoms with Gasteiger partial charge in [-0.05, 0) is 31.9 Å². The third-order valence-electron chi connectivity index (χ3n) is 4.79. The average molecular weight is 416 g/mol. The lowest BCUT2D eigenvalue weighted by molar-refractivity contribution is -0.217. The molecule has 5 nitrogen and oxygen atoms in total. The molecule has 2 heterocycles. The first kappa shape index (κ1) is 22.1. The number of hydrogen-bond donors (Lipinski definition) is 0. The van der Waals surface area contributed by atoms with Gasteiger partial charge < -0.3 is 23.7 Å². The maximum atomic E-state index is 12.2. The van der Waals surface area contributed by atoms with Gasteiger partial charge in [0.25, 0.3) is 0 Å². The van der Waals surface area contributed by atoms with Crippen molar-refractivity contribution in [2.24, 2.45) is 11.8 Å². The molecule has 8 heteroatoms. The second kappa shape index (κ2) is 10.4. The van der Waals surface area contributed by atoms with Gasteiger partial charge in [0.15, 0.2) is 19.2 Å². The van der Waals surface area contributed by atoms with E-state index in [0.29, 0.717) is 32.3 Å². The Morgan fingerprint density at radius 1 is 0.966 bits per heavy atom. The Bertz CT molecular complexity index is 631. The smallest absolute Gasteiger partial charge is 0.422 e. The Morgan fingerprint density at radius 2 is 1.62 bits per heavy atom. The van der Waals surface area contributed by atoms with Crippen LogP contribution in [-0.4, -0.2) is 45.5 Å². The van der Waals surface area contributed by atoms with Gasteiger partial charge in [-0.25, -0.2) is 0 Å². The molecule has 0 unspecified atom stereocenters. The predicted octanol–water partition coefficient (Wildman–Crippen LogP) is 4.63. The SMILES string of the molecule is C/C=C/[C@H]1CO[C@H](CC[C@H]2CO[C@H](c3ccc(OCC(F)(F)F)cc3)OC2)OC1. The molecular formula is C21H27F3O5. The van der Waals surface area contributed by atoms with E-state index in [4.69, 9.17) is 23.7 Å². The summed E-state index contributed by atoms with van der Waals surface area (Å²) in [6, 6.07) is 6.28. The first-order valence-corrected chi connectivity index (χ1v) is 9.81. The molecule has 29 heavy (non-hydrogen) atoms. The minimum absolute atomic E-state index is 0.156. The Balaban J connectivity index is 1.36. The zero-order valence-corrected chi connectivity index (χ0v) is 16.4. The fourth-order valence-corrected chi connectivity index (χ4v) is 3.27. The fourth-order valence-electron chi connectivity index (χ4n) is 3.27. The van der Waals surface area contributed by atoms with Crippen LogP contribution in [0.25, 0.3) is 0 Å². The minimum atomic E-state index is -4.36. The molecule has 1 aromatic carbocycles. The Labute approximate surface area is 168 Å². The van der Waals surface area contributed by atoms with Gasteiger partial charge in [0, 0.05) is 17.4 Å². The molecule has 2 aliphatic heterocycles. The summed E-state index contributed by atoms with van der Waals surface area (Å²) in [5, 5.41) is 0. The molecule has 1 aromatic rings. The minimum Gasteiger partial charge on any atom is -0.484 e. The van der Waals surface area contributed by atoms with E-state index in [1.807, 2.05) is 13.0 Å². The highest BCUT2D eigenvalue weighted by atomic mass is 19.4. The number of hydrogen-bond acceptors (Lipinski definition) is 5. The van der Waals surface area contributed by atoms with E-state index in [1.165, 1.54) is 12.1 Å². The first-order valence-electron chi connectivity index (χ1n) is 9.81. The topological polar surface area (TPSA) is 46.2 Å². The molecule has 0 aromatic heterocycles. The van der Waals surface area contributed by atoms with Crippen LogP contribution in [0.4, 0.5) is 13.2 Å². The van der Waals surface area contributed by atoms with Crippen molar-refractivity contribution in [1.29, 1.82) is 0 Å². The van der Waals surface area contributed by atoms with E-state index in [-0.39, 0.29) is 18.0 Å². The quantitative estimate of drug-likeness (QED) is 0.607. The van der Waals surface area contributed by atoms with Crippen LogP contribution < -0.4 is 4.74 Å². The van der Waals surface area contributed by atoms with Gasteiger partial charge >= 0.3 is 6.18 Å². The summed E-state index contributed by atoms with van der Waals surface area (Å²) in [5.74, 6) is 0.730. The summed E-state index contributed by atoms with van der Waals surface area (Å²) in [5.41, 5.74) is 0.747. The molecule has 0 saturated carbocycles.